The maximum Gasteiger partial charge on any atom is 0.250 e. The molecule has 0 radical (unpaired) electrons. The first-order valence-electron chi connectivity index (χ1n) is 5.13. The molecule has 0 saturated carbocycles. The Hall–Kier alpha value is -0.140. The molecule has 0 aliphatic rings. The molecule has 0 atom stereocenters. The summed E-state index contributed by atoms with van der Waals surface area (Å²) in [6.45, 7) is 4.12. The van der Waals surface area contributed by atoms with Gasteiger partial charge in [0.1, 0.15) is 4.21 Å². The van der Waals surface area contributed by atoms with Gasteiger partial charge >= 0.3 is 0 Å². The van der Waals surface area contributed by atoms with E-state index < -0.39 is 10.0 Å². The van der Waals surface area contributed by atoms with Gasteiger partial charge in [-0.3, -0.25) is 0 Å². The summed E-state index contributed by atoms with van der Waals surface area (Å²) in [5, 5.41) is 8.86. The second kappa shape index (κ2) is 5.67. The minimum absolute atomic E-state index is 0.0412. The van der Waals surface area contributed by atoms with Crippen molar-refractivity contribution in [3.8, 4) is 0 Å². The van der Waals surface area contributed by atoms with Crippen LogP contribution < -0.4 is 4.72 Å². The first-order valence-corrected chi connectivity index (χ1v) is 7.80. The summed E-state index contributed by atoms with van der Waals surface area (Å²) in [5.74, 6) is 0. The van der Waals surface area contributed by atoms with E-state index in [4.69, 9.17) is 16.7 Å². The highest BCUT2D eigenvalue weighted by molar-refractivity contribution is 7.91. The number of nitrogens with one attached hydrogen (secondary N) is 1. The number of hydrogen-bond acceptors (Lipinski definition) is 4. The quantitative estimate of drug-likeness (QED) is 0.845. The van der Waals surface area contributed by atoms with E-state index in [-0.39, 0.29) is 22.8 Å². The number of aliphatic hydroxyl groups is 1. The van der Waals surface area contributed by atoms with Crippen LogP contribution >= 0.6 is 22.9 Å². The Labute approximate surface area is 111 Å². The Balaban J connectivity index is 2.69. The molecule has 0 aromatic carbocycles. The molecule has 0 unspecified atom stereocenters. The molecule has 1 heterocycles. The van der Waals surface area contributed by atoms with E-state index >= 15 is 0 Å². The van der Waals surface area contributed by atoms with Gasteiger partial charge in [-0.15, -0.1) is 11.3 Å². The van der Waals surface area contributed by atoms with Gasteiger partial charge < -0.3 is 5.11 Å². The maximum absolute atomic E-state index is 11.9. The minimum Gasteiger partial charge on any atom is -0.396 e. The number of rotatable bonds is 6. The van der Waals surface area contributed by atoms with Crippen molar-refractivity contribution < 1.29 is 13.5 Å². The molecule has 1 aromatic rings. The zero-order valence-corrected chi connectivity index (χ0v) is 12.1. The molecule has 2 N–H and O–H groups in total. The minimum atomic E-state index is -3.49. The van der Waals surface area contributed by atoms with Crippen molar-refractivity contribution >= 4 is 33.0 Å². The van der Waals surface area contributed by atoms with E-state index in [1.165, 1.54) is 6.07 Å². The Morgan fingerprint density at radius 1 is 1.47 bits per heavy atom. The third kappa shape index (κ3) is 4.56. The van der Waals surface area contributed by atoms with E-state index in [1.807, 2.05) is 13.8 Å². The molecule has 1 rings (SSSR count). The van der Waals surface area contributed by atoms with Crippen LogP contribution in [0.25, 0.3) is 0 Å². The standard InChI is InChI=1S/C10H16ClNO3S2/c1-10(2,5-6-13)7-12-17(14,15)9-4-3-8(11)16-9/h3-4,12-13H,5-7H2,1-2H3. The van der Waals surface area contributed by atoms with Crippen LogP contribution in [-0.2, 0) is 10.0 Å². The third-order valence-corrected chi connectivity index (χ3v) is 5.47. The van der Waals surface area contributed by atoms with Crippen molar-refractivity contribution in [1.82, 2.24) is 4.72 Å². The molecule has 0 saturated heterocycles. The van der Waals surface area contributed by atoms with Crippen LogP contribution in [0.2, 0.25) is 4.34 Å². The first kappa shape index (κ1) is 14.9. The van der Waals surface area contributed by atoms with E-state index in [2.05, 4.69) is 4.72 Å². The van der Waals surface area contributed by atoms with Crippen molar-refractivity contribution in [3.05, 3.63) is 16.5 Å². The Morgan fingerprint density at radius 2 is 2.12 bits per heavy atom. The highest BCUT2D eigenvalue weighted by Gasteiger charge is 2.22. The molecular formula is C10H16ClNO3S2. The normalized spacial score (nSPS) is 12.9. The van der Waals surface area contributed by atoms with Crippen LogP contribution in [0.3, 0.4) is 0 Å². The molecule has 98 valence electrons. The smallest absolute Gasteiger partial charge is 0.250 e. The lowest BCUT2D eigenvalue weighted by atomic mass is 9.90. The molecule has 7 heteroatoms. The van der Waals surface area contributed by atoms with Gasteiger partial charge in [-0.05, 0) is 24.0 Å². The second-order valence-corrected chi connectivity index (χ2v) is 8.23. The number of hydrogen-bond donors (Lipinski definition) is 2. The second-order valence-electron chi connectivity index (χ2n) is 4.52. The zero-order valence-electron chi connectivity index (χ0n) is 9.73. The molecular weight excluding hydrogens is 282 g/mol. The van der Waals surface area contributed by atoms with Gasteiger partial charge in [-0.1, -0.05) is 25.4 Å². The van der Waals surface area contributed by atoms with Crippen LogP contribution in [0.15, 0.2) is 16.3 Å². The van der Waals surface area contributed by atoms with E-state index in [1.54, 1.807) is 6.07 Å². The van der Waals surface area contributed by atoms with Crippen molar-refractivity contribution in [1.29, 1.82) is 0 Å². The molecule has 0 amide bonds. The number of thiophene rings is 1. The fourth-order valence-electron chi connectivity index (χ4n) is 1.19. The van der Waals surface area contributed by atoms with Crippen LogP contribution in [0.4, 0.5) is 0 Å². The summed E-state index contributed by atoms with van der Waals surface area (Å²) in [4.78, 5) is 0. The van der Waals surface area contributed by atoms with Crippen LogP contribution in [-0.4, -0.2) is 26.7 Å². The molecule has 17 heavy (non-hydrogen) atoms. The molecule has 0 aliphatic carbocycles. The lowest BCUT2D eigenvalue weighted by molar-refractivity contribution is 0.213. The van der Waals surface area contributed by atoms with Crippen molar-refractivity contribution in [2.24, 2.45) is 5.41 Å². The van der Waals surface area contributed by atoms with Gasteiger partial charge in [0, 0.05) is 13.2 Å². The van der Waals surface area contributed by atoms with Crippen molar-refractivity contribution in [2.45, 2.75) is 24.5 Å². The number of aliphatic hydroxyl groups excluding tert-OH is 1. The lowest BCUT2D eigenvalue weighted by Crippen LogP contribution is -2.34. The molecule has 1 aromatic heterocycles. The number of sulfonamides is 1. The average molecular weight is 298 g/mol. The number of halogens is 1. The third-order valence-electron chi connectivity index (χ3n) is 2.34. The predicted octanol–water partition coefficient (Wildman–Crippen LogP) is 2.09. The largest absolute Gasteiger partial charge is 0.396 e. The van der Waals surface area contributed by atoms with Gasteiger partial charge in [-0.2, -0.15) is 0 Å². The van der Waals surface area contributed by atoms with E-state index in [0.717, 1.165) is 11.3 Å². The zero-order chi connectivity index (χ0) is 13.1. The van der Waals surface area contributed by atoms with Gasteiger partial charge in [0.2, 0.25) is 10.0 Å². The summed E-state index contributed by atoms with van der Waals surface area (Å²) in [7, 11) is -3.49. The van der Waals surface area contributed by atoms with Gasteiger partial charge in [0.15, 0.2) is 0 Å². The Morgan fingerprint density at radius 3 is 2.59 bits per heavy atom. The van der Waals surface area contributed by atoms with Crippen LogP contribution in [0, 0.1) is 5.41 Å². The van der Waals surface area contributed by atoms with Crippen LogP contribution in [0.1, 0.15) is 20.3 Å². The molecule has 0 fully saturated rings. The van der Waals surface area contributed by atoms with Crippen molar-refractivity contribution in [2.75, 3.05) is 13.2 Å². The summed E-state index contributed by atoms with van der Waals surface area (Å²) >= 11 is 6.72. The Kier molecular flexibility index (Phi) is 4.97. The Bertz CT molecular complexity index is 468. The maximum atomic E-state index is 11.9. The molecule has 0 bridgehead atoms. The topological polar surface area (TPSA) is 66.4 Å². The van der Waals surface area contributed by atoms with E-state index in [0.29, 0.717) is 10.8 Å². The fourth-order valence-corrected chi connectivity index (χ4v) is 3.96. The van der Waals surface area contributed by atoms with Crippen LogP contribution in [0.5, 0.6) is 0 Å². The summed E-state index contributed by atoms with van der Waals surface area (Å²) in [5.41, 5.74) is -0.275. The van der Waals surface area contributed by atoms with E-state index in [9.17, 15) is 8.42 Å². The first-order chi connectivity index (χ1) is 7.77. The SMILES string of the molecule is CC(C)(CCO)CNS(=O)(=O)c1ccc(Cl)s1. The summed E-state index contributed by atoms with van der Waals surface area (Å²) in [6, 6.07) is 3.04. The van der Waals surface area contributed by atoms with Crippen molar-refractivity contribution in [3.63, 3.8) is 0 Å². The van der Waals surface area contributed by atoms with Gasteiger partial charge in [0.25, 0.3) is 0 Å². The highest BCUT2D eigenvalue weighted by Crippen LogP contribution is 2.26. The molecule has 0 aliphatic heterocycles. The average Bonchev–Trinajstić information content (AvgIpc) is 2.63. The van der Waals surface area contributed by atoms with Gasteiger partial charge in [-0.25, -0.2) is 13.1 Å². The van der Waals surface area contributed by atoms with Gasteiger partial charge in [0.05, 0.1) is 4.34 Å². The lowest BCUT2D eigenvalue weighted by Gasteiger charge is -2.23. The summed E-state index contributed by atoms with van der Waals surface area (Å²) < 4.78 is 26.9. The monoisotopic (exact) mass is 297 g/mol. The predicted molar refractivity (Wildman–Crippen MR) is 70.0 cm³/mol. The fraction of sp³-hybridized carbons (Fsp3) is 0.600. The summed E-state index contributed by atoms with van der Waals surface area (Å²) in [6.07, 6.45) is 0.542. The molecule has 4 nitrogen and oxygen atoms in total. The molecule has 0 spiro atoms. The highest BCUT2D eigenvalue weighted by atomic mass is 35.5.